The second-order valence-electron chi connectivity index (χ2n) is 5.22. The van der Waals surface area contributed by atoms with Crippen LogP contribution in [0.25, 0.3) is 0 Å². The minimum atomic E-state index is -0.168. The predicted molar refractivity (Wildman–Crippen MR) is 82.4 cm³/mol. The first-order chi connectivity index (χ1) is 9.16. The zero-order valence-electron chi connectivity index (χ0n) is 10.9. The standard InChI is InChI=1S/C17H16Cl2/c1-11-4-2-7-15(16(11)18)17(19)14-9-8-12-5-3-6-13(12)10-14/h2,4,7-10,17H,3,5-6H2,1H3. The molecule has 0 radical (unpaired) electrons. The summed E-state index contributed by atoms with van der Waals surface area (Å²) in [4.78, 5) is 0. The summed E-state index contributed by atoms with van der Waals surface area (Å²) in [5, 5.41) is 0.612. The molecule has 2 heteroatoms. The molecule has 0 saturated carbocycles. The summed E-state index contributed by atoms with van der Waals surface area (Å²) in [6, 6.07) is 12.6. The van der Waals surface area contributed by atoms with Crippen LogP contribution in [0.5, 0.6) is 0 Å². The zero-order chi connectivity index (χ0) is 13.4. The van der Waals surface area contributed by atoms with E-state index in [1.165, 1.54) is 30.4 Å². The maximum Gasteiger partial charge on any atom is 0.0850 e. The number of alkyl halides is 1. The number of rotatable bonds is 2. The first-order valence-corrected chi connectivity index (χ1v) is 7.49. The highest BCUT2D eigenvalue weighted by molar-refractivity contribution is 6.33. The van der Waals surface area contributed by atoms with Gasteiger partial charge in [-0.15, -0.1) is 11.6 Å². The van der Waals surface area contributed by atoms with Gasteiger partial charge in [-0.2, -0.15) is 0 Å². The third kappa shape index (κ3) is 2.40. The zero-order valence-corrected chi connectivity index (χ0v) is 12.4. The summed E-state index contributed by atoms with van der Waals surface area (Å²) in [7, 11) is 0. The minimum Gasteiger partial charge on any atom is -0.113 e. The highest BCUT2D eigenvalue weighted by atomic mass is 35.5. The summed E-state index contributed by atoms with van der Waals surface area (Å²) < 4.78 is 0. The monoisotopic (exact) mass is 290 g/mol. The van der Waals surface area contributed by atoms with E-state index in [4.69, 9.17) is 23.2 Å². The fraction of sp³-hybridized carbons (Fsp3) is 0.294. The molecule has 0 fully saturated rings. The average Bonchev–Trinajstić information content (AvgIpc) is 2.88. The Hall–Kier alpha value is -0.980. The third-order valence-corrected chi connectivity index (χ3v) is 4.91. The molecule has 0 aliphatic heterocycles. The summed E-state index contributed by atoms with van der Waals surface area (Å²) in [6.45, 7) is 2.01. The summed E-state index contributed by atoms with van der Waals surface area (Å²) in [5.41, 5.74) is 6.15. The predicted octanol–water partition coefficient (Wildman–Crippen LogP) is 5.47. The first kappa shape index (κ1) is 13.0. The van der Waals surface area contributed by atoms with E-state index in [0.717, 1.165) is 21.7 Å². The van der Waals surface area contributed by atoms with Gasteiger partial charge in [0.05, 0.1) is 5.38 Å². The van der Waals surface area contributed by atoms with Gasteiger partial charge >= 0.3 is 0 Å². The molecule has 0 saturated heterocycles. The van der Waals surface area contributed by atoms with Crippen molar-refractivity contribution in [3.8, 4) is 0 Å². The van der Waals surface area contributed by atoms with Crippen molar-refractivity contribution >= 4 is 23.2 Å². The van der Waals surface area contributed by atoms with E-state index in [-0.39, 0.29) is 5.38 Å². The summed E-state index contributed by atoms with van der Waals surface area (Å²) in [6.07, 6.45) is 3.64. The molecule has 2 aromatic carbocycles. The van der Waals surface area contributed by atoms with Gasteiger partial charge in [-0.05, 0) is 54.0 Å². The Morgan fingerprint density at radius 2 is 1.84 bits per heavy atom. The molecule has 19 heavy (non-hydrogen) atoms. The lowest BCUT2D eigenvalue weighted by atomic mass is 9.99. The number of benzene rings is 2. The van der Waals surface area contributed by atoms with E-state index in [9.17, 15) is 0 Å². The molecule has 0 N–H and O–H groups in total. The van der Waals surface area contributed by atoms with Crippen molar-refractivity contribution in [1.82, 2.24) is 0 Å². The number of hydrogen-bond acceptors (Lipinski definition) is 0. The Bertz CT molecular complexity index is 617. The SMILES string of the molecule is Cc1cccc(C(Cl)c2ccc3c(c2)CCC3)c1Cl. The van der Waals surface area contributed by atoms with Crippen LogP contribution in [-0.4, -0.2) is 0 Å². The van der Waals surface area contributed by atoms with Gasteiger partial charge in [0.1, 0.15) is 0 Å². The van der Waals surface area contributed by atoms with E-state index >= 15 is 0 Å². The molecule has 0 heterocycles. The highest BCUT2D eigenvalue weighted by Gasteiger charge is 2.18. The van der Waals surface area contributed by atoms with E-state index in [1.807, 2.05) is 25.1 Å². The van der Waals surface area contributed by atoms with Crippen LogP contribution in [0.4, 0.5) is 0 Å². The van der Waals surface area contributed by atoms with Crippen molar-refractivity contribution in [2.24, 2.45) is 0 Å². The Kier molecular flexibility index (Phi) is 3.56. The topological polar surface area (TPSA) is 0 Å². The van der Waals surface area contributed by atoms with Gasteiger partial charge in [0.2, 0.25) is 0 Å². The Labute approximate surface area is 124 Å². The van der Waals surface area contributed by atoms with E-state index in [2.05, 4.69) is 18.2 Å². The van der Waals surface area contributed by atoms with Gasteiger partial charge in [-0.3, -0.25) is 0 Å². The van der Waals surface area contributed by atoms with E-state index < -0.39 is 0 Å². The fourth-order valence-corrected chi connectivity index (χ4v) is 3.40. The van der Waals surface area contributed by atoms with E-state index in [1.54, 1.807) is 0 Å². The molecule has 0 bridgehead atoms. The molecule has 0 amide bonds. The van der Waals surface area contributed by atoms with Gasteiger partial charge in [-0.25, -0.2) is 0 Å². The second kappa shape index (κ2) is 5.19. The molecule has 1 atom stereocenters. The average molecular weight is 291 g/mol. The number of halogens is 2. The van der Waals surface area contributed by atoms with Gasteiger partial charge in [-0.1, -0.05) is 48.0 Å². The summed E-state index contributed by atoms with van der Waals surface area (Å²) >= 11 is 13.0. The highest BCUT2D eigenvalue weighted by Crippen LogP contribution is 2.36. The van der Waals surface area contributed by atoms with E-state index in [0.29, 0.717) is 0 Å². The normalized spacial score (nSPS) is 15.3. The van der Waals surface area contributed by atoms with Crippen LogP contribution in [0.3, 0.4) is 0 Å². The van der Waals surface area contributed by atoms with Crippen LogP contribution in [0.2, 0.25) is 5.02 Å². The van der Waals surface area contributed by atoms with Crippen LogP contribution in [0.15, 0.2) is 36.4 Å². The number of hydrogen-bond donors (Lipinski definition) is 0. The Balaban J connectivity index is 2.00. The van der Waals surface area contributed by atoms with Gasteiger partial charge in [0.15, 0.2) is 0 Å². The molecule has 0 nitrogen and oxygen atoms in total. The Morgan fingerprint density at radius 3 is 2.68 bits per heavy atom. The molecule has 1 unspecified atom stereocenters. The first-order valence-electron chi connectivity index (χ1n) is 6.67. The maximum absolute atomic E-state index is 6.63. The van der Waals surface area contributed by atoms with Crippen LogP contribution < -0.4 is 0 Å². The molecule has 0 spiro atoms. The van der Waals surface area contributed by atoms with Crippen molar-refractivity contribution < 1.29 is 0 Å². The van der Waals surface area contributed by atoms with Gasteiger partial charge < -0.3 is 0 Å². The minimum absolute atomic E-state index is 0.168. The largest absolute Gasteiger partial charge is 0.113 e. The maximum atomic E-state index is 6.63. The molecular weight excluding hydrogens is 275 g/mol. The number of fused-ring (bicyclic) bond motifs is 1. The molecule has 98 valence electrons. The quantitative estimate of drug-likeness (QED) is 0.644. The fourth-order valence-electron chi connectivity index (χ4n) is 2.79. The molecule has 2 aromatic rings. The second-order valence-corrected chi connectivity index (χ2v) is 6.04. The molecular formula is C17H16Cl2. The van der Waals surface area contributed by atoms with Crippen molar-refractivity contribution in [3.05, 3.63) is 69.2 Å². The lowest BCUT2D eigenvalue weighted by Gasteiger charge is -2.15. The van der Waals surface area contributed by atoms with Crippen molar-refractivity contribution in [2.75, 3.05) is 0 Å². The smallest absolute Gasteiger partial charge is 0.0850 e. The molecule has 1 aliphatic rings. The van der Waals surface area contributed by atoms with Crippen LogP contribution in [-0.2, 0) is 12.8 Å². The van der Waals surface area contributed by atoms with Gasteiger partial charge in [0, 0.05) is 5.02 Å². The van der Waals surface area contributed by atoms with Crippen LogP contribution in [0.1, 0.15) is 39.6 Å². The summed E-state index contributed by atoms with van der Waals surface area (Å²) in [5.74, 6) is 0. The number of aryl methyl sites for hydroxylation is 3. The van der Waals surface area contributed by atoms with Crippen molar-refractivity contribution in [2.45, 2.75) is 31.6 Å². The molecule has 0 aromatic heterocycles. The van der Waals surface area contributed by atoms with Crippen molar-refractivity contribution in [1.29, 1.82) is 0 Å². The van der Waals surface area contributed by atoms with Crippen molar-refractivity contribution in [3.63, 3.8) is 0 Å². The molecule has 3 rings (SSSR count). The van der Waals surface area contributed by atoms with Crippen LogP contribution in [0, 0.1) is 6.92 Å². The lowest BCUT2D eigenvalue weighted by Crippen LogP contribution is -1.97. The third-order valence-electron chi connectivity index (χ3n) is 3.91. The lowest BCUT2D eigenvalue weighted by molar-refractivity contribution is 0.911. The molecule has 1 aliphatic carbocycles. The Morgan fingerprint density at radius 1 is 1.05 bits per heavy atom. The van der Waals surface area contributed by atoms with Crippen LogP contribution >= 0.6 is 23.2 Å². The van der Waals surface area contributed by atoms with Gasteiger partial charge in [0.25, 0.3) is 0 Å².